The maximum Gasteiger partial charge on any atom is 0.224 e. The number of anilines is 1. The zero-order valence-corrected chi connectivity index (χ0v) is 11.2. The molecule has 0 radical (unpaired) electrons. The summed E-state index contributed by atoms with van der Waals surface area (Å²) in [7, 11) is 1.97. The molecule has 3 rings (SSSR count). The van der Waals surface area contributed by atoms with Crippen molar-refractivity contribution in [1.82, 2.24) is 14.8 Å². The molecule has 2 aliphatic carbocycles. The van der Waals surface area contributed by atoms with E-state index >= 15 is 0 Å². The normalized spacial score (nSPS) is 20.1. The Morgan fingerprint density at radius 1 is 1.25 bits per heavy atom. The van der Waals surface area contributed by atoms with Gasteiger partial charge in [0.25, 0.3) is 0 Å². The van der Waals surface area contributed by atoms with E-state index in [1.165, 1.54) is 25.7 Å². The molecular weight excluding hydrogens is 268 g/mol. The molecule has 0 spiro atoms. The van der Waals surface area contributed by atoms with Crippen LogP contribution < -0.4 is 4.90 Å². The Bertz CT molecular complexity index is 367. The first-order valence-corrected chi connectivity index (χ1v) is 6.83. The molecule has 0 saturated heterocycles. The maximum absolute atomic E-state index is 4.47. The van der Waals surface area contributed by atoms with Crippen LogP contribution in [0.15, 0.2) is 4.73 Å². The SMILES string of the molecule is Cn1nc(Br)nc1N(CC1CC1)CC1CC1. The van der Waals surface area contributed by atoms with E-state index in [2.05, 4.69) is 30.9 Å². The van der Waals surface area contributed by atoms with Gasteiger partial charge in [0.15, 0.2) is 0 Å². The molecule has 0 amide bonds. The molecule has 2 saturated carbocycles. The molecule has 4 nitrogen and oxygen atoms in total. The van der Waals surface area contributed by atoms with Crippen molar-refractivity contribution in [2.24, 2.45) is 18.9 Å². The molecule has 0 atom stereocenters. The second kappa shape index (κ2) is 4.02. The van der Waals surface area contributed by atoms with Gasteiger partial charge in [0.2, 0.25) is 10.7 Å². The predicted octanol–water partition coefficient (Wildman–Crippen LogP) is 2.20. The number of aromatic nitrogens is 3. The van der Waals surface area contributed by atoms with Crippen LogP contribution in [0.2, 0.25) is 0 Å². The summed E-state index contributed by atoms with van der Waals surface area (Å²) >= 11 is 3.35. The first-order chi connectivity index (χ1) is 7.72. The van der Waals surface area contributed by atoms with E-state index in [1.807, 2.05) is 11.7 Å². The highest BCUT2D eigenvalue weighted by Gasteiger charge is 2.31. The number of nitrogens with zero attached hydrogens (tertiary/aromatic N) is 4. The molecule has 0 aromatic carbocycles. The smallest absolute Gasteiger partial charge is 0.224 e. The largest absolute Gasteiger partial charge is 0.340 e. The average Bonchev–Trinajstić information content (AvgIpc) is 3.10. The molecule has 0 bridgehead atoms. The standard InChI is InChI=1S/C11H17BrN4/c1-15-11(13-10(12)14-15)16(6-8-2-3-8)7-9-4-5-9/h8-9H,2-7H2,1H3. The second-order valence-corrected chi connectivity index (χ2v) is 5.81. The van der Waals surface area contributed by atoms with Crippen molar-refractivity contribution in [2.45, 2.75) is 25.7 Å². The van der Waals surface area contributed by atoms with Gasteiger partial charge in [-0.2, -0.15) is 4.98 Å². The van der Waals surface area contributed by atoms with Gasteiger partial charge in [-0.05, 0) is 53.4 Å². The van der Waals surface area contributed by atoms with Crippen LogP contribution in [0.3, 0.4) is 0 Å². The van der Waals surface area contributed by atoms with Gasteiger partial charge in [0, 0.05) is 20.1 Å². The highest BCUT2D eigenvalue weighted by atomic mass is 79.9. The Kier molecular flexibility index (Phi) is 2.65. The van der Waals surface area contributed by atoms with Crippen LogP contribution in [0.25, 0.3) is 0 Å². The number of aryl methyl sites for hydroxylation is 1. The van der Waals surface area contributed by atoms with Gasteiger partial charge in [-0.1, -0.05) is 0 Å². The van der Waals surface area contributed by atoms with Gasteiger partial charge in [-0.25, -0.2) is 4.68 Å². The molecule has 5 heteroatoms. The van der Waals surface area contributed by atoms with E-state index < -0.39 is 0 Å². The Balaban J connectivity index is 1.75. The van der Waals surface area contributed by atoms with Gasteiger partial charge < -0.3 is 4.90 Å². The fraction of sp³-hybridized carbons (Fsp3) is 0.818. The van der Waals surface area contributed by atoms with E-state index in [0.29, 0.717) is 4.73 Å². The van der Waals surface area contributed by atoms with Crippen molar-refractivity contribution in [3.05, 3.63) is 4.73 Å². The summed E-state index contributed by atoms with van der Waals surface area (Å²) in [5.41, 5.74) is 0. The van der Waals surface area contributed by atoms with Gasteiger partial charge in [0.05, 0.1) is 0 Å². The van der Waals surface area contributed by atoms with Gasteiger partial charge in [-0.3, -0.25) is 0 Å². The summed E-state index contributed by atoms with van der Waals surface area (Å²) in [6.07, 6.45) is 5.56. The molecule has 1 aromatic heterocycles. The summed E-state index contributed by atoms with van der Waals surface area (Å²) in [5.74, 6) is 2.81. The Morgan fingerprint density at radius 3 is 2.19 bits per heavy atom. The van der Waals surface area contributed by atoms with Crippen molar-refractivity contribution in [2.75, 3.05) is 18.0 Å². The lowest BCUT2D eigenvalue weighted by molar-refractivity contribution is 0.633. The van der Waals surface area contributed by atoms with Crippen LogP contribution in [0, 0.1) is 11.8 Å². The quantitative estimate of drug-likeness (QED) is 0.831. The Hall–Kier alpha value is -0.580. The highest BCUT2D eigenvalue weighted by molar-refractivity contribution is 9.10. The molecule has 0 aliphatic heterocycles. The van der Waals surface area contributed by atoms with Crippen molar-refractivity contribution in [1.29, 1.82) is 0 Å². The van der Waals surface area contributed by atoms with Gasteiger partial charge in [0.1, 0.15) is 0 Å². The van der Waals surface area contributed by atoms with E-state index in [-0.39, 0.29) is 0 Å². The minimum atomic E-state index is 0.696. The second-order valence-electron chi connectivity index (χ2n) is 5.10. The van der Waals surface area contributed by atoms with Crippen LogP contribution >= 0.6 is 15.9 Å². The molecule has 88 valence electrons. The summed E-state index contributed by atoms with van der Waals surface area (Å²) < 4.78 is 2.58. The molecule has 1 aromatic rings. The molecule has 2 fully saturated rings. The maximum atomic E-state index is 4.47. The number of halogens is 1. The van der Waals surface area contributed by atoms with E-state index in [1.54, 1.807) is 0 Å². The third kappa shape index (κ3) is 2.39. The first kappa shape index (κ1) is 10.6. The van der Waals surface area contributed by atoms with Crippen LogP contribution in [-0.2, 0) is 7.05 Å². The number of rotatable bonds is 5. The average molecular weight is 285 g/mol. The Labute approximate surface area is 104 Å². The highest BCUT2D eigenvalue weighted by Crippen LogP contribution is 2.35. The Morgan fingerprint density at radius 2 is 1.81 bits per heavy atom. The van der Waals surface area contributed by atoms with Gasteiger partial charge in [-0.15, -0.1) is 5.10 Å². The minimum Gasteiger partial charge on any atom is -0.340 e. The molecule has 1 heterocycles. The van der Waals surface area contributed by atoms with E-state index in [4.69, 9.17) is 0 Å². The fourth-order valence-electron chi connectivity index (χ4n) is 2.08. The molecule has 2 aliphatic rings. The lowest BCUT2D eigenvalue weighted by atomic mass is 10.3. The van der Waals surface area contributed by atoms with E-state index in [9.17, 15) is 0 Å². The number of hydrogen-bond acceptors (Lipinski definition) is 3. The van der Waals surface area contributed by atoms with Crippen LogP contribution in [-0.4, -0.2) is 27.9 Å². The monoisotopic (exact) mass is 284 g/mol. The first-order valence-electron chi connectivity index (χ1n) is 6.04. The summed E-state index contributed by atoms with van der Waals surface area (Å²) in [5, 5.41) is 4.27. The third-order valence-electron chi connectivity index (χ3n) is 3.35. The van der Waals surface area contributed by atoms with Crippen LogP contribution in [0.5, 0.6) is 0 Å². The number of hydrogen-bond donors (Lipinski definition) is 0. The van der Waals surface area contributed by atoms with Crippen molar-refractivity contribution in [3.8, 4) is 0 Å². The predicted molar refractivity (Wildman–Crippen MR) is 66.4 cm³/mol. The summed E-state index contributed by atoms with van der Waals surface area (Å²) in [4.78, 5) is 6.89. The topological polar surface area (TPSA) is 34.0 Å². The van der Waals surface area contributed by atoms with Crippen molar-refractivity contribution in [3.63, 3.8) is 0 Å². The third-order valence-corrected chi connectivity index (χ3v) is 3.68. The van der Waals surface area contributed by atoms with E-state index in [0.717, 1.165) is 30.9 Å². The van der Waals surface area contributed by atoms with Crippen LogP contribution in [0.1, 0.15) is 25.7 Å². The summed E-state index contributed by atoms with van der Waals surface area (Å²) in [6, 6.07) is 0. The zero-order chi connectivity index (χ0) is 11.1. The van der Waals surface area contributed by atoms with Crippen molar-refractivity contribution < 1.29 is 0 Å². The fourth-order valence-corrected chi connectivity index (χ4v) is 2.48. The lowest BCUT2D eigenvalue weighted by Crippen LogP contribution is -2.30. The van der Waals surface area contributed by atoms with Crippen LogP contribution in [0.4, 0.5) is 5.95 Å². The lowest BCUT2D eigenvalue weighted by Gasteiger charge is -2.22. The van der Waals surface area contributed by atoms with Crippen molar-refractivity contribution >= 4 is 21.9 Å². The minimum absolute atomic E-state index is 0.696. The zero-order valence-electron chi connectivity index (χ0n) is 9.56. The van der Waals surface area contributed by atoms with Gasteiger partial charge >= 0.3 is 0 Å². The molecular formula is C11H17BrN4. The molecule has 16 heavy (non-hydrogen) atoms. The molecule has 0 N–H and O–H groups in total. The molecule has 0 unspecified atom stereocenters. The summed E-state index contributed by atoms with van der Waals surface area (Å²) in [6.45, 7) is 2.32.